The molecule has 0 fully saturated rings. The quantitative estimate of drug-likeness (QED) is 0.531. The summed E-state index contributed by atoms with van der Waals surface area (Å²) in [6.45, 7) is 0.718. The van der Waals surface area contributed by atoms with Crippen LogP contribution >= 0.6 is 11.3 Å². The molecule has 1 unspecified atom stereocenters. The van der Waals surface area contributed by atoms with Gasteiger partial charge in [-0.2, -0.15) is 0 Å². The van der Waals surface area contributed by atoms with E-state index in [0.29, 0.717) is 17.5 Å². The smallest absolute Gasteiger partial charge is 0.204 e. The van der Waals surface area contributed by atoms with E-state index >= 15 is 0 Å². The molecule has 2 aliphatic carbocycles. The van der Waals surface area contributed by atoms with Crippen LogP contribution < -0.4 is 5.32 Å². The summed E-state index contributed by atoms with van der Waals surface area (Å²) < 4.78 is 5.30. The van der Waals surface area contributed by atoms with Crippen molar-refractivity contribution < 1.29 is 4.52 Å². The molecule has 1 aromatic carbocycles. The molecule has 0 amide bonds. The Balaban J connectivity index is 1.50. The van der Waals surface area contributed by atoms with E-state index in [0.717, 1.165) is 22.6 Å². The van der Waals surface area contributed by atoms with E-state index in [1.807, 2.05) is 6.07 Å². The number of hydrogen-bond donors (Lipinski definition) is 1. The van der Waals surface area contributed by atoms with Gasteiger partial charge in [0.15, 0.2) is 0 Å². The fourth-order valence-electron chi connectivity index (χ4n) is 4.07. The van der Waals surface area contributed by atoms with Gasteiger partial charge in [-0.3, -0.25) is 0 Å². The number of benzene rings is 1. The van der Waals surface area contributed by atoms with Crippen molar-refractivity contribution in [1.82, 2.24) is 15.1 Å². The van der Waals surface area contributed by atoms with E-state index < -0.39 is 0 Å². The molecule has 4 aromatic rings. The van der Waals surface area contributed by atoms with Crippen molar-refractivity contribution in [2.75, 3.05) is 5.32 Å². The van der Waals surface area contributed by atoms with Gasteiger partial charge in [0.05, 0.1) is 11.6 Å². The summed E-state index contributed by atoms with van der Waals surface area (Å²) in [6.07, 6.45) is 6.40. The molecule has 0 bridgehead atoms. The number of nitrogens with zero attached hydrogens (tertiary/aromatic N) is 3. The Morgan fingerprint density at radius 1 is 1.15 bits per heavy atom. The van der Waals surface area contributed by atoms with E-state index in [2.05, 4.69) is 40.8 Å². The number of fused-ring (bicyclic) bond motifs is 6. The second kappa shape index (κ2) is 5.76. The first-order valence-corrected chi connectivity index (χ1v) is 9.94. The van der Waals surface area contributed by atoms with Crippen LogP contribution in [-0.4, -0.2) is 15.1 Å². The lowest BCUT2D eigenvalue weighted by Gasteiger charge is -2.26. The van der Waals surface area contributed by atoms with Crippen LogP contribution in [0.3, 0.4) is 0 Å². The minimum absolute atomic E-state index is 0.580. The van der Waals surface area contributed by atoms with E-state index in [-0.39, 0.29) is 0 Å². The van der Waals surface area contributed by atoms with Crippen LogP contribution in [0.15, 0.2) is 53.2 Å². The van der Waals surface area contributed by atoms with Crippen molar-refractivity contribution in [3.63, 3.8) is 0 Å². The summed E-state index contributed by atoms with van der Waals surface area (Å²) in [5.74, 6) is 2.65. The van der Waals surface area contributed by atoms with Crippen LogP contribution in [0.1, 0.15) is 34.8 Å². The number of anilines is 1. The lowest BCUT2D eigenvalue weighted by Crippen LogP contribution is -2.10. The number of aromatic nitrogens is 3. The van der Waals surface area contributed by atoms with Gasteiger partial charge in [0.1, 0.15) is 10.6 Å². The molecule has 0 spiro atoms. The minimum Gasteiger partial charge on any atom is -0.365 e. The van der Waals surface area contributed by atoms with E-state index in [1.54, 1.807) is 23.6 Å². The topological polar surface area (TPSA) is 63.8 Å². The Labute approximate surface area is 159 Å². The maximum Gasteiger partial charge on any atom is 0.204 e. The van der Waals surface area contributed by atoms with Crippen molar-refractivity contribution in [2.45, 2.75) is 25.3 Å². The Morgan fingerprint density at radius 3 is 2.93 bits per heavy atom. The molecule has 2 aliphatic rings. The highest BCUT2D eigenvalue weighted by Crippen LogP contribution is 2.59. The van der Waals surface area contributed by atoms with Crippen LogP contribution in [0.5, 0.6) is 0 Å². The van der Waals surface area contributed by atoms with Crippen molar-refractivity contribution in [3.8, 4) is 11.6 Å². The van der Waals surface area contributed by atoms with E-state index in [9.17, 15) is 0 Å². The van der Waals surface area contributed by atoms with Crippen molar-refractivity contribution in [2.24, 2.45) is 0 Å². The fraction of sp³-hybridized carbons (Fsp3) is 0.190. The largest absolute Gasteiger partial charge is 0.365 e. The maximum absolute atomic E-state index is 5.30. The summed E-state index contributed by atoms with van der Waals surface area (Å²) in [4.78, 5) is 12.1. The third kappa shape index (κ3) is 2.26. The van der Waals surface area contributed by atoms with Crippen LogP contribution in [0.2, 0.25) is 0 Å². The molecule has 1 N–H and O–H groups in total. The Hall–Kier alpha value is -2.99. The Morgan fingerprint density at radius 2 is 2.07 bits per heavy atom. The molecule has 0 radical (unpaired) electrons. The fourth-order valence-corrected chi connectivity index (χ4v) is 5.42. The standard InChI is InChI=1S/C21H16N4OS/c1-2-5-12(6-3-1)11-22-20-17-16-13-7-4-8-14(13)18(16)27-21(17)25-19(24-20)15-9-10-23-26-15/h1-3,5-7,9-10,14H,4,8,11H2,(H,22,24,25). The molecule has 0 saturated carbocycles. The van der Waals surface area contributed by atoms with Crippen LogP contribution in [0.25, 0.3) is 27.4 Å². The Kier molecular flexibility index (Phi) is 3.22. The van der Waals surface area contributed by atoms with Gasteiger partial charge in [0.2, 0.25) is 11.6 Å². The predicted molar refractivity (Wildman–Crippen MR) is 107 cm³/mol. The van der Waals surface area contributed by atoms with Gasteiger partial charge in [0.25, 0.3) is 0 Å². The van der Waals surface area contributed by atoms with Crippen molar-refractivity contribution >= 4 is 32.9 Å². The lowest BCUT2D eigenvalue weighted by molar-refractivity contribution is 0.430. The van der Waals surface area contributed by atoms with Gasteiger partial charge >= 0.3 is 0 Å². The molecule has 5 nitrogen and oxygen atoms in total. The zero-order chi connectivity index (χ0) is 17.8. The first kappa shape index (κ1) is 15.1. The third-order valence-corrected chi connectivity index (χ3v) is 6.54. The summed E-state index contributed by atoms with van der Waals surface area (Å²) in [6, 6.07) is 12.2. The van der Waals surface area contributed by atoms with E-state index in [4.69, 9.17) is 14.5 Å². The lowest BCUT2D eigenvalue weighted by atomic mass is 9.80. The maximum atomic E-state index is 5.30. The first-order chi connectivity index (χ1) is 13.4. The number of nitrogens with one attached hydrogen (secondary N) is 1. The molecule has 1 atom stereocenters. The van der Waals surface area contributed by atoms with Gasteiger partial charge in [-0.05, 0) is 24.0 Å². The van der Waals surface area contributed by atoms with Crippen LogP contribution in [0, 0.1) is 0 Å². The van der Waals surface area contributed by atoms with Gasteiger partial charge < -0.3 is 9.84 Å². The highest BCUT2D eigenvalue weighted by molar-refractivity contribution is 7.19. The first-order valence-electron chi connectivity index (χ1n) is 9.12. The third-order valence-electron chi connectivity index (χ3n) is 5.34. The zero-order valence-corrected chi connectivity index (χ0v) is 15.3. The second-order valence-electron chi connectivity index (χ2n) is 6.92. The number of allylic oxidation sites excluding steroid dienone is 2. The monoisotopic (exact) mass is 372 g/mol. The van der Waals surface area contributed by atoms with Crippen molar-refractivity contribution in [1.29, 1.82) is 0 Å². The molecular formula is C21H16N4OS. The molecule has 132 valence electrons. The van der Waals surface area contributed by atoms with Crippen molar-refractivity contribution in [3.05, 3.63) is 64.7 Å². The van der Waals surface area contributed by atoms with Crippen LogP contribution in [-0.2, 0) is 6.54 Å². The number of rotatable bonds is 4. The molecular weight excluding hydrogens is 356 g/mol. The molecule has 6 heteroatoms. The summed E-state index contributed by atoms with van der Waals surface area (Å²) in [7, 11) is 0. The number of thiophene rings is 1. The predicted octanol–water partition coefficient (Wildman–Crippen LogP) is 5.23. The van der Waals surface area contributed by atoms with E-state index in [1.165, 1.54) is 34.4 Å². The molecule has 27 heavy (non-hydrogen) atoms. The van der Waals surface area contributed by atoms with Gasteiger partial charge in [-0.1, -0.05) is 41.6 Å². The zero-order valence-electron chi connectivity index (χ0n) is 14.5. The SMILES string of the molecule is C1=C2c3c(sc4nc(-c5ccno5)nc(NCc5ccccc5)c34)C2CC1. The molecule has 0 saturated heterocycles. The summed E-state index contributed by atoms with van der Waals surface area (Å²) >= 11 is 1.80. The van der Waals surface area contributed by atoms with Gasteiger partial charge in [-0.25, -0.2) is 9.97 Å². The highest BCUT2D eigenvalue weighted by atomic mass is 32.1. The van der Waals surface area contributed by atoms with Gasteiger partial charge in [0, 0.05) is 29.0 Å². The average Bonchev–Trinajstić information content (AvgIpc) is 3.42. The second-order valence-corrected chi connectivity index (χ2v) is 7.95. The van der Waals surface area contributed by atoms with Gasteiger partial charge in [-0.15, -0.1) is 11.3 Å². The normalized spacial score (nSPS) is 17.3. The molecule has 3 aromatic heterocycles. The number of hydrogen-bond acceptors (Lipinski definition) is 6. The average molecular weight is 372 g/mol. The molecule has 0 aliphatic heterocycles. The summed E-state index contributed by atoms with van der Waals surface area (Å²) in [5, 5.41) is 8.49. The Bertz CT molecular complexity index is 1180. The molecule has 3 heterocycles. The highest BCUT2D eigenvalue weighted by Gasteiger charge is 2.39. The molecule has 6 rings (SSSR count). The minimum atomic E-state index is 0.580. The van der Waals surface area contributed by atoms with Crippen LogP contribution in [0.4, 0.5) is 5.82 Å². The summed E-state index contributed by atoms with van der Waals surface area (Å²) in [5.41, 5.74) is 4.06.